The molecule has 4 atom stereocenters. The summed E-state index contributed by atoms with van der Waals surface area (Å²) >= 11 is 3.59. The minimum Gasteiger partial charge on any atom is -0.396 e. The van der Waals surface area contributed by atoms with E-state index in [1.165, 1.54) is 44.5 Å². The van der Waals surface area contributed by atoms with Crippen molar-refractivity contribution in [3.63, 3.8) is 0 Å². The van der Waals surface area contributed by atoms with E-state index < -0.39 is 0 Å². The van der Waals surface area contributed by atoms with Gasteiger partial charge in [-0.05, 0) is 92.9 Å². The Labute approximate surface area is 240 Å². The van der Waals surface area contributed by atoms with Crippen LogP contribution >= 0.6 is 15.9 Å². The van der Waals surface area contributed by atoms with Gasteiger partial charge in [-0.2, -0.15) is 0 Å². The number of fused-ring (bicyclic) bond motifs is 2. The predicted molar refractivity (Wildman–Crippen MR) is 164 cm³/mol. The normalized spacial score (nSPS) is 22.6. The largest absolute Gasteiger partial charge is 0.396 e. The summed E-state index contributed by atoms with van der Waals surface area (Å²) in [6.07, 6.45) is 4.54. The van der Waals surface area contributed by atoms with Gasteiger partial charge in [0.1, 0.15) is 0 Å². The van der Waals surface area contributed by atoms with Gasteiger partial charge in [0, 0.05) is 26.2 Å². The van der Waals surface area contributed by atoms with Gasteiger partial charge < -0.3 is 14.6 Å². The lowest BCUT2D eigenvalue weighted by Gasteiger charge is -2.23. The topological polar surface area (TPSA) is 38.7 Å². The van der Waals surface area contributed by atoms with Crippen molar-refractivity contribution in [1.82, 2.24) is 0 Å². The summed E-state index contributed by atoms with van der Waals surface area (Å²) in [6, 6.07) is 9.38. The lowest BCUT2D eigenvalue weighted by atomic mass is 9.83. The van der Waals surface area contributed by atoms with Gasteiger partial charge in [0.15, 0.2) is 0 Å². The van der Waals surface area contributed by atoms with Crippen LogP contribution in [0, 0.1) is 11.8 Å². The highest BCUT2D eigenvalue weighted by Crippen LogP contribution is 2.43. The molecular formula is C34H51BrO3. The van der Waals surface area contributed by atoms with Crippen LogP contribution in [0.3, 0.4) is 0 Å². The standard InChI is InChI=1S/C17H25BrO.C17H26O2/c2*1-11-8-14-12(6-7-18)9-13(17(2,3)4)10-15(14)16(11)19-5/h9-11,16H,6-8H2,1-5H3;9-11,16,18H,6-8H2,1-5H3. The molecule has 38 heavy (non-hydrogen) atoms. The highest BCUT2D eigenvalue weighted by atomic mass is 79.9. The van der Waals surface area contributed by atoms with Crippen LogP contribution in [0.4, 0.5) is 0 Å². The lowest BCUT2D eigenvalue weighted by Crippen LogP contribution is -2.14. The second kappa shape index (κ2) is 12.5. The van der Waals surface area contributed by atoms with Crippen molar-refractivity contribution in [2.45, 2.75) is 104 Å². The quantitative estimate of drug-likeness (QED) is 0.346. The Hall–Kier alpha value is -1.20. The first kappa shape index (κ1) is 31.3. The number of methoxy groups -OCH3 is 2. The van der Waals surface area contributed by atoms with Crippen LogP contribution in [-0.4, -0.2) is 31.3 Å². The van der Waals surface area contributed by atoms with Crippen molar-refractivity contribution in [1.29, 1.82) is 0 Å². The van der Waals surface area contributed by atoms with Gasteiger partial charge in [-0.3, -0.25) is 0 Å². The maximum atomic E-state index is 9.30. The summed E-state index contributed by atoms with van der Waals surface area (Å²) < 4.78 is 11.4. The molecule has 0 aromatic heterocycles. The number of aryl methyl sites for hydroxylation is 1. The molecular weight excluding hydrogens is 536 g/mol. The van der Waals surface area contributed by atoms with E-state index in [1.54, 1.807) is 7.11 Å². The van der Waals surface area contributed by atoms with Crippen LogP contribution < -0.4 is 0 Å². The van der Waals surface area contributed by atoms with E-state index in [1.807, 2.05) is 7.11 Å². The minimum atomic E-state index is 0.128. The SMILES string of the molecule is COC1c2cc(C(C)(C)C)cc(CCBr)c2CC1C.COC1c2cc(C(C)(C)C)cc(CCO)c2CC1C. The fourth-order valence-corrected chi connectivity index (χ4v) is 6.67. The first-order valence-electron chi connectivity index (χ1n) is 14.3. The van der Waals surface area contributed by atoms with E-state index in [9.17, 15) is 5.11 Å². The summed E-state index contributed by atoms with van der Waals surface area (Å²) in [7, 11) is 3.63. The Morgan fingerprint density at radius 1 is 0.737 bits per heavy atom. The van der Waals surface area contributed by atoms with Gasteiger partial charge in [0.25, 0.3) is 0 Å². The molecule has 0 saturated heterocycles. The Morgan fingerprint density at radius 2 is 1.13 bits per heavy atom. The number of rotatable bonds is 6. The highest BCUT2D eigenvalue weighted by molar-refractivity contribution is 9.09. The summed E-state index contributed by atoms with van der Waals surface area (Å²) in [5, 5.41) is 10.3. The Kier molecular flexibility index (Phi) is 10.3. The number of ether oxygens (including phenoxy) is 2. The molecule has 0 saturated carbocycles. The van der Waals surface area contributed by atoms with Crippen LogP contribution in [0.15, 0.2) is 24.3 Å². The fraction of sp³-hybridized carbons (Fsp3) is 0.647. The number of benzene rings is 2. The zero-order valence-electron chi connectivity index (χ0n) is 25.5. The fourth-order valence-electron chi connectivity index (χ4n) is 6.24. The first-order chi connectivity index (χ1) is 17.8. The number of aliphatic hydroxyl groups excluding tert-OH is 1. The van der Waals surface area contributed by atoms with Crippen LogP contribution in [0.5, 0.6) is 0 Å². The number of alkyl halides is 1. The lowest BCUT2D eigenvalue weighted by molar-refractivity contribution is 0.0694. The Bertz CT molecular complexity index is 1000. The molecule has 2 aliphatic rings. The van der Waals surface area contributed by atoms with Crippen molar-refractivity contribution in [3.05, 3.63) is 68.8 Å². The molecule has 2 aromatic carbocycles. The monoisotopic (exact) mass is 586 g/mol. The second-order valence-electron chi connectivity index (χ2n) is 13.5. The summed E-state index contributed by atoms with van der Waals surface area (Å²) in [5.74, 6) is 1.11. The van der Waals surface area contributed by atoms with Gasteiger partial charge in [0.2, 0.25) is 0 Å². The molecule has 2 aliphatic carbocycles. The van der Waals surface area contributed by atoms with Gasteiger partial charge in [-0.15, -0.1) is 0 Å². The molecule has 0 heterocycles. The Balaban J connectivity index is 0.000000211. The van der Waals surface area contributed by atoms with Crippen LogP contribution in [0.25, 0.3) is 0 Å². The number of halogens is 1. The summed E-state index contributed by atoms with van der Waals surface area (Å²) in [4.78, 5) is 0. The first-order valence-corrected chi connectivity index (χ1v) is 15.4. The number of hydrogen-bond acceptors (Lipinski definition) is 3. The zero-order valence-corrected chi connectivity index (χ0v) is 27.1. The maximum absolute atomic E-state index is 9.30. The van der Waals surface area contributed by atoms with E-state index in [2.05, 4.69) is 95.6 Å². The van der Waals surface area contributed by atoms with Crippen LogP contribution in [0.1, 0.15) is 112 Å². The number of aliphatic hydroxyl groups is 1. The zero-order chi connectivity index (χ0) is 28.4. The van der Waals surface area contributed by atoms with Crippen molar-refractivity contribution in [2.75, 3.05) is 26.2 Å². The molecule has 1 N–H and O–H groups in total. The molecule has 4 unspecified atom stereocenters. The molecule has 0 aliphatic heterocycles. The summed E-state index contributed by atoms with van der Waals surface area (Å²) in [5.41, 5.74) is 11.6. The van der Waals surface area contributed by atoms with Crippen molar-refractivity contribution >= 4 is 15.9 Å². The molecule has 212 valence electrons. The molecule has 0 fully saturated rings. The third-order valence-electron chi connectivity index (χ3n) is 8.44. The van der Waals surface area contributed by atoms with Crippen LogP contribution in [0.2, 0.25) is 0 Å². The molecule has 4 rings (SSSR count). The molecule has 3 nitrogen and oxygen atoms in total. The van der Waals surface area contributed by atoms with E-state index in [0.29, 0.717) is 11.8 Å². The van der Waals surface area contributed by atoms with Crippen molar-refractivity contribution < 1.29 is 14.6 Å². The molecule has 4 heteroatoms. The van der Waals surface area contributed by atoms with Gasteiger partial charge in [-0.1, -0.05) is 95.6 Å². The average molecular weight is 588 g/mol. The van der Waals surface area contributed by atoms with E-state index >= 15 is 0 Å². The van der Waals surface area contributed by atoms with Crippen LogP contribution in [-0.2, 0) is 46.0 Å². The van der Waals surface area contributed by atoms with Crippen molar-refractivity contribution in [3.8, 4) is 0 Å². The molecule has 0 amide bonds. The van der Waals surface area contributed by atoms with Gasteiger partial charge >= 0.3 is 0 Å². The minimum absolute atomic E-state index is 0.128. The number of hydrogen-bond donors (Lipinski definition) is 1. The highest BCUT2D eigenvalue weighted by Gasteiger charge is 2.34. The third kappa shape index (κ3) is 6.74. The molecule has 0 radical (unpaired) electrons. The molecule has 0 spiro atoms. The van der Waals surface area contributed by atoms with Crippen molar-refractivity contribution in [2.24, 2.45) is 11.8 Å². The van der Waals surface area contributed by atoms with E-state index in [-0.39, 0.29) is 29.6 Å². The molecule has 0 bridgehead atoms. The van der Waals surface area contributed by atoms with E-state index in [0.717, 1.165) is 31.0 Å². The van der Waals surface area contributed by atoms with Gasteiger partial charge in [0.05, 0.1) is 12.2 Å². The van der Waals surface area contributed by atoms with Gasteiger partial charge in [-0.25, -0.2) is 0 Å². The maximum Gasteiger partial charge on any atom is 0.0852 e. The smallest absolute Gasteiger partial charge is 0.0852 e. The van der Waals surface area contributed by atoms with E-state index in [4.69, 9.17) is 9.47 Å². The summed E-state index contributed by atoms with van der Waals surface area (Å²) in [6.45, 7) is 18.3. The average Bonchev–Trinajstić information content (AvgIpc) is 3.33. The predicted octanol–water partition coefficient (Wildman–Crippen LogP) is 8.20. The molecule has 2 aromatic rings. The third-order valence-corrected chi connectivity index (χ3v) is 8.83. The Morgan fingerprint density at radius 3 is 1.45 bits per heavy atom. The second-order valence-corrected chi connectivity index (χ2v) is 14.3.